The zero-order valence-electron chi connectivity index (χ0n) is 21.4. The van der Waals surface area contributed by atoms with Crippen molar-refractivity contribution in [1.29, 1.82) is 0 Å². The summed E-state index contributed by atoms with van der Waals surface area (Å²) >= 11 is 0. The number of rotatable bonds is 7. The van der Waals surface area contributed by atoms with Gasteiger partial charge >= 0.3 is 6.18 Å². The zero-order chi connectivity index (χ0) is 25.4. The second-order valence-electron chi connectivity index (χ2n) is 11.1. The van der Waals surface area contributed by atoms with E-state index in [0.29, 0.717) is 43.6 Å². The molecule has 190 valence electrons. The number of hydrogen-bond donors (Lipinski definition) is 1. The van der Waals surface area contributed by atoms with Crippen LogP contribution in [0.25, 0.3) is 10.9 Å². The number of nitrogens with one attached hydrogen (secondary N) is 1. The minimum absolute atomic E-state index is 0.0392. The molecule has 0 bridgehead atoms. The summed E-state index contributed by atoms with van der Waals surface area (Å²) in [5.41, 5.74) is 2.64. The summed E-state index contributed by atoms with van der Waals surface area (Å²) < 4.78 is 51.6. The van der Waals surface area contributed by atoms with Gasteiger partial charge in [-0.25, -0.2) is 0 Å². The van der Waals surface area contributed by atoms with Gasteiger partial charge in [0.25, 0.3) is 0 Å². The molecular formula is C28H37F3N2OSi. The van der Waals surface area contributed by atoms with Gasteiger partial charge < -0.3 is 14.3 Å². The number of halogens is 3. The Morgan fingerprint density at radius 3 is 2.37 bits per heavy atom. The number of benzene rings is 2. The lowest BCUT2D eigenvalue weighted by atomic mass is 9.99. The molecule has 3 nitrogen and oxygen atoms in total. The van der Waals surface area contributed by atoms with Crippen molar-refractivity contribution in [2.45, 2.75) is 76.9 Å². The van der Waals surface area contributed by atoms with E-state index in [0.717, 1.165) is 23.1 Å². The van der Waals surface area contributed by atoms with E-state index < -0.39 is 20.1 Å². The maximum absolute atomic E-state index is 14.4. The van der Waals surface area contributed by atoms with Crippen molar-refractivity contribution in [3.05, 3.63) is 70.9 Å². The van der Waals surface area contributed by atoms with Crippen molar-refractivity contribution in [3.8, 4) is 0 Å². The molecule has 4 rings (SSSR count). The Bertz CT molecular complexity index is 1160. The second kappa shape index (κ2) is 9.75. The number of alkyl halides is 3. The predicted molar refractivity (Wildman–Crippen MR) is 139 cm³/mol. The molecule has 0 aliphatic carbocycles. The standard InChI is InChI=1S/C28H37F3N2OSi/c1-27(2,3)35(4,5)34-19-16-23-21-12-9-13-22-25(28(29,30)31)24(33(26(21)22)18-17-32-23)15-14-20-10-7-6-8-11-20/h6-13,23,32H,14-19H2,1-5H3. The highest BCUT2D eigenvalue weighted by molar-refractivity contribution is 6.74. The average Bonchev–Trinajstić information content (AvgIpc) is 2.98. The first-order chi connectivity index (χ1) is 16.4. The molecular weight excluding hydrogens is 465 g/mol. The molecule has 1 aliphatic rings. The average molecular weight is 503 g/mol. The molecule has 3 aromatic rings. The van der Waals surface area contributed by atoms with Crippen molar-refractivity contribution in [2.75, 3.05) is 13.2 Å². The number of aromatic nitrogens is 1. The highest BCUT2D eigenvalue weighted by atomic mass is 28.4. The fourth-order valence-corrected chi connectivity index (χ4v) is 5.93. The summed E-state index contributed by atoms with van der Waals surface area (Å²) in [6.45, 7) is 12.8. The van der Waals surface area contributed by atoms with Crippen molar-refractivity contribution in [2.24, 2.45) is 0 Å². The number of hydrogen-bond acceptors (Lipinski definition) is 2. The summed E-state index contributed by atoms with van der Waals surface area (Å²) in [5, 5.41) is 4.03. The van der Waals surface area contributed by atoms with E-state index in [4.69, 9.17) is 4.43 Å². The van der Waals surface area contributed by atoms with Crippen LogP contribution in [-0.4, -0.2) is 26.0 Å². The minimum atomic E-state index is -4.40. The summed E-state index contributed by atoms with van der Waals surface area (Å²) in [5.74, 6) is 0. The molecule has 0 amide bonds. The lowest BCUT2D eigenvalue weighted by Crippen LogP contribution is -2.41. The van der Waals surface area contributed by atoms with Crippen LogP contribution < -0.4 is 5.32 Å². The summed E-state index contributed by atoms with van der Waals surface area (Å²) in [7, 11) is -1.89. The van der Waals surface area contributed by atoms with Crippen LogP contribution in [0.2, 0.25) is 18.1 Å². The van der Waals surface area contributed by atoms with Crippen molar-refractivity contribution >= 4 is 19.2 Å². The third-order valence-corrected chi connectivity index (χ3v) is 12.3. The van der Waals surface area contributed by atoms with Gasteiger partial charge in [0.05, 0.1) is 11.1 Å². The molecule has 2 heterocycles. The first kappa shape index (κ1) is 26.0. The maximum atomic E-state index is 14.4. The van der Waals surface area contributed by atoms with Gasteiger partial charge in [-0.05, 0) is 48.5 Å². The number of nitrogens with zero attached hydrogens (tertiary/aromatic N) is 1. The van der Waals surface area contributed by atoms with Crippen LogP contribution in [0.3, 0.4) is 0 Å². The third kappa shape index (κ3) is 5.37. The Balaban J connectivity index is 1.69. The lowest BCUT2D eigenvalue weighted by Gasteiger charge is -2.36. The van der Waals surface area contributed by atoms with Crippen molar-refractivity contribution in [3.63, 3.8) is 0 Å². The van der Waals surface area contributed by atoms with Gasteiger partial charge in [0.1, 0.15) is 0 Å². The smallest absolute Gasteiger partial charge is 0.417 e. The molecule has 2 aromatic carbocycles. The Kier molecular flexibility index (Phi) is 7.24. The summed E-state index contributed by atoms with van der Waals surface area (Å²) in [6, 6.07) is 15.1. The Labute approximate surface area is 207 Å². The Morgan fingerprint density at radius 2 is 1.71 bits per heavy atom. The summed E-state index contributed by atoms with van der Waals surface area (Å²) in [6.07, 6.45) is -2.74. The lowest BCUT2D eigenvalue weighted by molar-refractivity contribution is -0.137. The minimum Gasteiger partial charge on any atom is -0.417 e. The summed E-state index contributed by atoms with van der Waals surface area (Å²) in [4.78, 5) is 0. The SMILES string of the molecule is CC(C)(C)[Si](C)(C)OCCC1NCCn2c(CCc3ccccc3)c(C(F)(F)F)c3cccc1c32. The van der Waals surface area contributed by atoms with Crippen LogP contribution in [0.1, 0.15) is 55.6 Å². The molecule has 0 spiro atoms. The van der Waals surface area contributed by atoms with Crippen molar-refractivity contribution in [1.82, 2.24) is 9.88 Å². The number of para-hydroxylation sites is 1. The molecule has 1 unspecified atom stereocenters. The Morgan fingerprint density at radius 1 is 1.00 bits per heavy atom. The molecule has 1 N–H and O–H groups in total. The van der Waals surface area contributed by atoms with Crippen LogP contribution in [0.15, 0.2) is 48.5 Å². The van der Waals surface area contributed by atoms with Gasteiger partial charge in [-0.3, -0.25) is 0 Å². The highest BCUT2D eigenvalue weighted by Gasteiger charge is 2.40. The molecule has 1 atom stereocenters. The van der Waals surface area contributed by atoms with E-state index in [-0.39, 0.29) is 11.1 Å². The predicted octanol–water partition coefficient (Wildman–Crippen LogP) is 7.50. The molecule has 0 radical (unpaired) electrons. The van der Waals surface area contributed by atoms with E-state index >= 15 is 0 Å². The van der Waals surface area contributed by atoms with Crippen LogP contribution in [-0.2, 0) is 30.0 Å². The van der Waals surface area contributed by atoms with E-state index in [1.165, 1.54) is 0 Å². The molecule has 0 fully saturated rings. The molecule has 1 aliphatic heterocycles. The largest absolute Gasteiger partial charge is 0.418 e. The monoisotopic (exact) mass is 502 g/mol. The second-order valence-corrected chi connectivity index (χ2v) is 15.9. The quantitative estimate of drug-likeness (QED) is 0.339. The van der Waals surface area contributed by atoms with Gasteiger partial charge in [0.15, 0.2) is 8.32 Å². The molecule has 1 aromatic heterocycles. The topological polar surface area (TPSA) is 26.2 Å². The van der Waals surface area contributed by atoms with Gasteiger partial charge in [0.2, 0.25) is 0 Å². The van der Waals surface area contributed by atoms with Crippen molar-refractivity contribution < 1.29 is 17.6 Å². The van der Waals surface area contributed by atoms with Crippen LogP contribution in [0.5, 0.6) is 0 Å². The van der Waals surface area contributed by atoms with Crippen LogP contribution in [0.4, 0.5) is 13.2 Å². The molecule has 0 saturated heterocycles. The molecule has 35 heavy (non-hydrogen) atoms. The fourth-order valence-electron chi connectivity index (χ4n) is 4.87. The van der Waals surface area contributed by atoms with Gasteiger partial charge in [0, 0.05) is 36.8 Å². The fraction of sp³-hybridized carbons (Fsp3) is 0.500. The first-order valence-electron chi connectivity index (χ1n) is 12.5. The third-order valence-electron chi connectivity index (χ3n) is 7.77. The number of aryl methyl sites for hydroxylation is 1. The van der Waals surface area contributed by atoms with Gasteiger partial charge in [-0.15, -0.1) is 0 Å². The Hall–Kier alpha value is -2.09. The van der Waals surface area contributed by atoms with E-state index in [1.807, 2.05) is 41.0 Å². The first-order valence-corrected chi connectivity index (χ1v) is 15.4. The highest BCUT2D eigenvalue weighted by Crippen LogP contribution is 2.43. The van der Waals surface area contributed by atoms with Crippen LogP contribution in [0, 0.1) is 0 Å². The van der Waals surface area contributed by atoms with E-state index in [9.17, 15) is 13.2 Å². The normalized spacial score (nSPS) is 17.1. The van der Waals surface area contributed by atoms with Gasteiger partial charge in [-0.1, -0.05) is 69.3 Å². The van der Waals surface area contributed by atoms with E-state index in [2.05, 4.69) is 39.2 Å². The molecule has 7 heteroatoms. The van der Waals surface area contributed by atoms with E-state index in [1.54, 1.807) is 12.1 Å². The van der Waals surface area contributed by atoms with Gasteiger partial charge in [-0.2, -0.15) is 13.2 Å². The molecule has 0 saturated carbocycles. The van der Waals surface area contributed by atoms with Crippen LogP contribution >= 0.6 is 0 Å². The zero-order valence-corrected chi connectivity index (χ0v) is 22.4. The maximum Gasteiger partial charge on any atom is 0.418 e.